The van der Waals surface area contributed by atoms with Gasteiger partial charge in [-0.2, -0.15) is 31.4 Å². The molecule has 1 heterocycles. The van der Waals surface area contributed by atoms with E-state index in [0.29, 0.717) is 0 Å². The lowest BCUT2D eigenvalue weighted by molar-refractivity contribution is -0.174. The van der Waals surface area contributed by atoms with E-state index in [1.54, 1.807) is 6.92 Å². The predicted molar refractivity (Wildman–Crippen MR) is 78.6 cm³/mol. The Morgan fingerprint density at radius 3 is 2.00 bits per heavy atom. The van der Waals surface area contributed by atoms with Crippen LogP contribution in [-0.2, 0) is 23.9 Å². The highest BCUT2D eigenvalue weighted by molar-refractivity contribution is 6.06. The van der Waals surface area contributed by atoms with Gasteiger partial charge < -0.3 is 9.47 Å². The minimum atomic E-state index is -4.95. The van der Waals surface area contributed by atoms with Crippen molar-refractivity contribution in [3.8, 4) is 0 Å². The second-order valence-electron chi connectivity index (χ2n) is 5.03. The number of carbonyl (C=O) groups excluding carboxylic acids is 3. The molecule has 27 heavy (non-hydrogen) atoms. The zero-order valence-electron chi connectivity index (χ0n) is 14.6. The summed E-state index contributed by atoms with van der Waals surface area (Å²) in [6.45, 7) is 2.92. The molecule has 0 aliphatic carbocycles. The molecule has 1 aliphatic rings. The highest BCUT2D eigenvalue weighted by Gasteiger charge is 2.48. The van der Waals surface area contributed by atoms with Gasteiger partial charge in [0.2, 0.25) is 5.78 Å². The van der Waals surface area contributed by atoms with Crippen LogP contribution < -0.4 is 0 Å². The third kappa shape index (κ3) is 8.73. The van der Waals surface area contributed by atoms with Crippen molar-refractivity contribution in [2.24, 2.45) is 11.0 Å². The van der Waals surface area contributed by atoms with Gasteiger partial charge in [0, 0.05) is 7.05 Å². The number of nitrogens with zero attached hydrogens (tertiary/aromatic N) is 2. The summed E-state index contributed by atoms with van der Waals surface area (Å²) in [6, 6.07) is 0. The lowest BCUT2D eigenvalue weighted by Crippen LogP contribution is -2.35. The van der Waals surface area contributed by atoms with Gasteiger partial charge in [-0.25, -0.2) is 0 Å². The second-order valence-corrected chi connectivity index (χ2v) is 5.03. The van der Waals surface area contributed by atoms with Crippen molar-refractivity contribution in [2.45, 2.75) is 32.6 Å². The molecule has 0 aromatic rings. The molecule has 0 saturated heterocycles. The Morgan fingerprint density at radius 1 is 1.07 bits per heavy atom. The van der Waals surface area contributed by atoms with Crippen LogP contribution in [0.25, 0.3) is 0 Å². The van der Waals surface area contributed by atoms with E-state index in [1.807, 2.05) is 0 Å². The molecule has 0 aromatic heterocycles. The Bertz CT molecular complexity index is 573. The van der Waals surface area contributed by atoms with E-state index in [9.17, 15) is 40.7 Å². The molecule has 0 fully saturated rings. The maximum atomic E-state index is 12.4. The molecule has 0 radical (unpaired) electrons. The first-order chi connectivity index (χ1) is 12.2. The summed E-state index contributed by atoms with van der Waals surface area (Å²) in [7, 11) is 1.38. The molecule has 0 aromatic carbocycles. The molecule has 1 unspecified atom stereocenters. The molecule has 1 aliphatic heterocycles. The highest BCUT2D eigenvalue weighted by Crippen LogP contribution is 2.28. The van der Waals surface area contributed by atoms with E-state index in [2.05, 4.69) is 14.6 Å². The van der Waals surface area contributed by atoms with E-state index in [1.165, 1.54) is 14.0 Å². The average Bonchev–Trinajstić information content (AvgIpc) is 2.90. The van der Waals surface area contributed by atoms with Crippen molar-refractivity contribution >= 4 is 23.4 Å². The molecule has 0 N–H and O–H groups in total. The van der Waals surface area contributed by atoms with Crippen molar-refractivity contribution < 1.29 is 50.2 Å². The molecule has 13 heteroatoms. The van der Waals surface area contributed by atoms with Crippen LogP contribution in [0.3, 0.4) is 0 Å². The monoisotopic (exact) mass is 408 g/mol. The largest absolute Gasteiger partial charge is 0.466 e. The van der Waals surface area contributed by atoms with Crippen molar-refractivity contribution in [3.63, 3.8) is 0 Å². The van der Waals surface area contributed by atoms with Crippen LogP contribution in [0.4, 0.5) is 26.3 Å². The van der Waals surface area contributed by atoms with Crippen molar-refractivity contribution in [1.82, 2.24) is 5.01 Å². The number of carbonyl (C=O) groups is 3. The van der Waals surface area contributed by atoms with Gasteiger partial charge in [0.05, 0.1) is 19.8 Å². The Morgan fingerprint density at radius 2 is 1.59 bits per heavy atom. The van der Waals surface area contributed by atoms with E-state index in [4.69, 9.17) is 0 Å². The van der Waals surface area contributed by atoms with Crippen molar-refractivity contribution in [3.05, 3.63) is 0 Å². The minimum Gasteiger partial charge on any atom is -0.466 e. The van der Waals surface area contributed by atoms with Gasteiger partial charge in [-0.15, -0.1) is 0 Å². The van der Waals surface area contributed by atoms with Crippen LogP contribution in [0.1, 0.15) is 20.3 Å². The fourth-order valence-corrected chi connectivity index (χ4v) is 1.77. The van der Waals surface area contributed by atoms with Crippen LogP contribution in [0, 0.1) is 5.92 Å². The Kier molecular flexibility index (Phi) is 9.24. The second kappa shape index (κ2) is 10.1. The summed E-state index contributed by atoms with van der Waals surface area (Å²) in [5.74, 6) is -5.44. The Labute approximate surface area is 150 Å². The smallest absolute Gasteiger partial charge is 0.450 e. The summed E-state index contributed by atoms with van der Waals surface area (Å²) in [5, 5.41) is 4.36. The number of esters is 2. The summed E-state index contributed by atoms with van der Waals surface area (Å²) in [6.07, 6.45) is -10.8. The van der Waals surface area contributed by atoms with Gasteiger partial charge in [0.1, 0.15) is 12.3 Å². The van der Waals surface area contributed by atoms with Crippen LogP contribution in [0.15, 0.2) is 5.10 Å². The van der Waals surface area contributed by atoms with Gasteiger partial charge in [-0.3, -0.25) is 19.4 Å². The molecule has 0 amide bonds. The average molecular weight is 408 g/mol. The maximum Gasteiger partial charge on any atom is 0.450 e. The number of ether oxygens (including phenoxy) is 2. The topological polar surface area (TPSA) is 85.3 Å². The van der Waals surface area contributed by atoms with E-state index in [-0.39, 0.29) is 19.8 Å². The van der Waals surface area contributed by atoms with Crippen LogP contribution >= 0.6 is 0 Å². The molecule has 156 valence electrons. The van der Waals surface area contributed by atoms with Gasteiger partial charge in [-0.05, 0) is 13.8 Å². The van der Waals surface area contributed by atoms with Crippen LogP contribution in [0.5, 0.6) is 0 Å². The molecule has 1 atom stereocenters. The molecule has 0 saturated carbocycles. The Hall–Kier alpha value is -2.34. The van der Waals surface area contributed by atoms with E-state index in [0.717, 1.165) is 5.01 Å². The first-order valence-electron chi connectivity index (χ1n) is 7.53. The molecule has 7 nitrogen and oxygen atoms in total. The van der Waals surface area contributed by atoms with Crippen LogP contribution in [-0.4, -0.2) is 67.6 Å². The van der Waals surface area contributed by atoms with E-state index >= 15 is 0 Å². The fraction of sp³-hybridized carbons (Fsp3) is 0.714. The maximum absolute atomic E-state index is 12.4. The third-order valence-electron chi connectivity index (χ3n) is 2.84. The number of rotatable bonds is 5. The fourth-order valence-electron chi connectivity index (χ4n) is 1.77. The van der Waals surface area contributed by atoms with E-state index < -0.39 is 48.1 Å². The van der Waals surface area contributed by atoms with Gasteiger partial charge >= 0.3 is 24.3 Å². The number of Topliss-reactive ketones (excluding diaryl/α,β-unsaturated/α-hetero) is 1. The molecular weight excluding hydrogens is 390 g/mol. The molecule has 0 bridgehead atoms. The highest BCUT2D eigenvalue weighted by atomic mass is 19.4. The lowest BCUT2D eigenvalue weighted by atomic mass is 10.0. The van der Waals surface area contributed by atoms with Gasteiger partial charge in [0.15, 0.2) is 5.71 Å². The van der Waals surface area contributed by atoms with Crippen molar-refractivity contribution in [1.29, 1.82) is 0 Å². The number of halogens is 6. The normalized spacial score (nSPS) is 16.9. The summed E-state index contributed by atoms with van der Waals surface area (Å²) in [4.78, 5) is 31.7. The molecule has 0 spiro atoms. The first kappa shape index (κ1) is 24.7. The summed E-state index contributed by atoms with van der Waals surface area (Å²) < 4.78 is 80.4. The Balaban J connectivity index is 0.000000516. The predicted octanol–water partition coefficient (Wildman–Crippen LogP) is 2.10. The number of hydrazone groups is 1. The minimum absolute atomic E-state index is 0.0377. The number of hydrogen-bond acceptors (Lipinski definition) is 7. The first-order valence-corrected chi connectivity index (χ1v) is 7.53. The number of ketones is 1. The lowest BCUT2D eigenvalue weighted by Gasteiger charge is -2.13. The number of hydrogen-bond donors (Lipinski definition) is 0. The zero-order valence-corrected chi connectivity index (χ0v) is 14.6. The standard InChI is InChI=1S/C8H11F3N2O2.C6H7F3O3/c1-3-15-7(14)5-4-13(2)12-6(5)8(9,10)11;1-2-12-5(11)3-4(10)6(7,8)9/h5H,3-4H2,1-2H3;2-3H2,1H3. The van der Waals surface area contributed by atoms with Gasteiger partial charge in [0.25, 0.3) is 0 Å². The summed E-state index contributed by atoms with van der Waals surface area (Å²) >= 11 is 0. The molecular formula is C14H18F6N2O5. The molecule has 1 rings (SSSR count). The third-order valence-corrected chi connectivity index (χ3v) is 2.84. The number of alkyl halides is 6. The zero-order chi connectivity index (χ0) is 21.4. The van der Waals surface area contributed by atoms with Gasteiger partial charge in [-0.1, -0.05) is 0 Å². The summed E-state index contributed by atoms with van der Waals surface area (Å²) in [5.41, 5.74) is -1.08. The quantitative estimate of drug-likeness (QED) is 0.394. The SMILES string of the molecule is CCOC(=O)C1CN(C)N=C1C(F)(F)F.CCOC(=O)CC(=O)C(F)(F)F. The van der Waals surface area contributed by atoms with Crippen molar-refractivity contribution in [2.75, 3.05) is 26.8 Å². The van der Waals surface area contributed by atoms with Crippen LogP contribution in [0.2, 0.25) is 0 Å².